The summed E-state index contributed by atoms with van der Waals surface area (Å²) in [7, 11) is 1.70. The van der Waals surface area contributed by atoms with Crippen LogP contribution in [0.3, 0.4) is 0 Å². The number of rotatable bonds is 4. The van der Waals surface area contributed by atoms with E-state index in [0.717, 1.165) is 0 Å². The molecule has 0 spiro atoms. The summed E-state index contributed by atoms with van der Waals surface area (Å²) in [6.45, 7) is 0.728. The third-order valence-corrected chi connectivity index (χ3v) is 4.39. The molecule has 1 aliphatic rings. The highest BCUT2D eigenvalue weighted by Crippen LogP contribution is 2.31. The van der Waals surface area contributed by atoms with Gasteiger partial charge in [-0.25, -0.2) is 4.39 Å². The fourth-order valence-corrected chi connectivity index (χ4v) is 3.03. The van der Waals surface area contributed by atoms with Gasteiger partial charge in [0.25, 0.3) is 5.91 Å². The van der Waals surface area contributed by atoms with E-state index in [0.29, 0.717) is 41.5 Å². The predicted octanol–water partition coefficient (Wildman–Crippen LogP) is 3.13. The molecule has 1 amide bonds. The number of likely N-dealkylation sites (N-methyl/N-ethyl adjacent to an activating group) is 1. The van der Waals surface area contributed by atoms with Crippen LogP contribution < -0.4 is 9.47 Å². The Kier molecular flexibility index (Phi) is 4.50. The molecule has 27 heavy (non-hydrogen) atoms. The number of carbonyl (C=O) groups excluding carboxylic acids is 1. The Hall–Kier alpha value is -3.35. The first kappa shape index (κ1) is 17.1. The summed E-state index contributed by atoms with van der Waals surface area (Å²) in [5, 5.41) is 6.80. The first-order valence-electron chi connectivity index (χ1n) is 8.55. The lowest BCUT2D eigenvalue weighted by molar-refractivity contribution is 0.0521. The van der Waals surface area contributed by atoms with Crippen molar-refractivity contribution < 1.29 is 18.7 Å². The smallest absolute Gasteiger partial charge is 0.257 e. The molecule has 3 aromatic rings. The zero-order valence-electron chi connectivity index (χ0n) is 14.7. The van der Waals surface area contributed by atoms with E-state index in [1.165, 1.54) is 18.3 Å². The average Bonchev–Trinajstić information content (AvgIpc) is 3.17. The van der Waals surface area contributed by atoms with Crippen LogP contribution in [0.25, 0.3) is 11.3 Å². The molecule has 0 saturated carbocycles. The summed E-state index contributed by atoms with van der Waals surface area (Å²) in [5.41, 5.74) is 1.66. The van der Waals surface area contributed by atoms with Crippen molar-refractivity contribution in [3.05, 3.63) is 66.1 Å². The number of nitrogens with zero attached hydrogens (tertiary/aromatic N) is 2. The van der Waals surface area contributed by atoms with Crippen molar-refractivity contribution in [2.45, 2.75) is 6.10 Å². The summed E-state index contributed by atoms with van der Waals surface area (Å²) >= 11 is 0. The molecule has 2 aromatic carbocycles. The number of carbonyl (C=O) groups is 1. The second-order valence-corrected chi connectivity index (χ2v) is 6.35. The Morgan fingerprint density at radius 1 is 1.22 bits per heavy atom. The number of fused-ring (bicyclic) bond motifs is 1. The minimum absolute atomic E-state index is 0.203. The molecule has 0 radical (unpaired) electrons. The molecule has 0 saturated heterocycles. The molecule has 1 N–H and O–H groups in total. The van der Waals surface area contributed by atoms with E-state index in [4.69, 9.17) is 9.47 Å². The lowest BCUT2D eigenvalue weighted by Gasteiger charge is -2.29. The van der Waals surface area contributed by atoms with Crippen molar-refractivity contribution in [3.8, 4) is 22.8 Å². The molecule has 1 atom stereocenters. The van der Waals surface area contributed by atoms with Gasteiger partial charge in [-0.3, -0.25) is 9.89 Å². The summed E-state index contributed by atoms with van der Waals surface area (Å²) < 4.78 is 24.8. The largest absolute Gasteiger partial charge is 0.486 e. The van der Waals surface area contributed by atoms with Gasteiger partial charge in [0.15, 0.2) is 17.6 Å². The molecule has 6 nitrogen and oxygen atoms in total. The Bertz CT molecular complexity index is 955. The lowest BCUT2D eigenvalue weighted by Crippen LogP contribution is -2.41. The van der Waals surface area contributed by atoms with Gasteiger partial charge in [-0.05, 0) is 36.4 Å². The number of nitrogens with one attached hydrogen (secondary N) is 1. The van der Waals surface area contributed by atoms with Gasteiger partial charge in [-0.15, -0.1) is 0 Å². The monoisotopic (exact) mass is 367 g/mol. The van der Waals surface area contributed by atoms with E-state index in [1.807, 2.05) is 24.3 Å². The number of H-pyrrole nitrogens is 1. The number of amides is 1. The first-order chi connectivity index (χ1) is 13.1. The Morgan fingerprint density at radius 2 is 1.96 bits per heavy atom. The maximum atomic E-state index is 13.2. The maximum Gasteiger partial charge on any atom is 0.257 e. The Labute approximate surface area is 155 Å². The highest BCUT2D eigenvalue weighted by Gasteiger charge is 2.26. The Balaban J connectivity index is 1.48. The molecule has 0 fully saturated rings. The SMILES string of the molecule is CN(C[C@H]1COc2ccccc2O1)C(=O)c1cn[nH]c1-c1ccc(F)cc1. The third-order valence-electron chi connectivity index (χ3n) is 4.39. The van der Waals surface area contributed by atoms with Crippen LogP contribution in [0.15, 0.2) is 54.7 Å². The number of hydrogen-bond donors (Lipinski definition) is 1. The first-order valence-corrected chi connectivity index (χ1v) is 8.55. The van der Waals surface area contributed by atoms with E-state index in [9.17, 15) is 9.18 Å². The number of para-hydroxylation sites is 2. The number of halogens is 1. The van der Waals surface area contributed by atoms with E-state index >= 15 is 0 Å². The number of aromatic nitrogens is 2. The summed E-state index contributed by atoms with van der Waals surface area (Å²) in [5.74, 6) is 0.838. The van der Waals surface area contributed by atoms with Crippen LogP contribution in [0.1, 0.15) is 10.4 Å². The van der Waals surface area contributed by atoms with E-state index in [2.05, 4.69) is 10.2 Å². The van der Waals surface area contributed by atoms with Crippen LogP contribution in [0.2, 0.25) is 0 Å². The van der Waals surface area contributed by atoms with E-state index in [1.54, 1.807) is 24.1 Å². The van der Waals surface area contributed by atoms with E-state index in [-0.39, 0.29) is 17.8 Å². The Morgan fingerprint density at radius 3 is 2.74 bits per heavy atom. The highest BCUT2D eigenvalue weighted by molar-refractivity contribution is 5.99. The van der Waals surface area contributed by atoms with Gasteiger partial charge < -0.3 is 14.4 Å². The number of ether oxygens (including phenoxy) is 2. The zero-order valence-corrected chi connectivity index (χ0v) is 14.7. The highest BCUT2D eigenvalue weighted by atomic mass is 19.1. The topological polar surface area (TPSA) is 67.5 Å². The molecular weight excluding hydrogens is 349 g/mol. The lowest BCUT2D eigenvalue weighted by atomic mass is 10.1. The van der Waals surface area contributed by atoms with Crippen molar-refractivity contribution in [3.63, 3.8) is 0 Å². The quantitative estimate of drug-likeness (QED) is 0.769. The van der Waals surface area contributed by atoms with Gasteiger partial charge in [0, 0.05) is 12.6 Å². The summed E-state index contributed by atoms with van der Waals surface area (Å²) in [4.78, 5) is 14.5. The van der Waals surface area contributed by atoms with Gasteiger partial charge in [0.1, 0.15) is 12.4 Å². The van der Waals surface area contributed by atoms with Gasteiger partial charge in [-0.2, -0.15) is 5.10 Å². The van der Waals surface area contributed by atoms with Gasteiger partial charge in [-0.1, -0.05) is 12.1 Å². The van der Waals surface area contributed by atoms with Crippen LogP contribution in [0.5, 0.6) is 11.5 Å². The van der Waals surface area contributed by atoms with Gasteiger partial charge in [0.05, 0.1) is 24.0 Å². The molecule has 7 heteroatoms. The normalized spacial score (nSPS) is 15.4. The summed E-state index contributed by atoms with van der Waals surface area (Å²) in [6, 6.07) is 13.3. The van der Waals surface area contributed by atoms with Crippen molar-refractivity contribution >= 4 is 5.91 Å². The zero-order chi connectivity index (χ0) is 18.8. The summed E-state index contributed by atoms with van der Waals surface area (Å²) in [6.07, 6.45) is 1.21. The number of hydrogen-bond acceptors (Lipinski definition) is 4. The van der Waals surface area contributed by atoms with Crippen LogP contribution >= 0.6 is 0 Å². The molecule has 0 unspecified atom stereocenters. The van der Waals surface area contributed by atoms with E-state index < -0.39 is 0 Å². The predicted molar refractivity (Wildman–Crippen MR) is 97.3 cm³/mol. The third kappa shape index (κ3) is 3.48. The molecule has 0 bridgehead atoms. The maximum absolute atomic E-state index is 13.2. The van der Waals surface area contributed by atoms with Crippen molar-refractivity contribution in [1.82, 2.24) is 15.1 Å². The standard InChI is InChI=1S/C20H18FN3O3/c1-24(11-15-12-26-17-4-2-3-5-18(17)27-15)20(25)16-10-22-23-19(16)13-6-8-14(21)9-7-13/h2-10,15H,11-12H2,1H3,(H,22,23)/t15-/m0/s1. The molecule has 138 valence electrons. The molecule has 1 aliphatic heterocycles. The minimum atomic E-state index is -0.335. The fourth-order valence-electron chi connectivity index (χ4n) is 3.03. The second kappa shape index (κ2) is 7.11. The molecule has 0 aliphatic carbocycles. The van der Waals surface area contributed by atoms with Gasteiger partial charge in [0.2, 0.25) is 0 Å². The number of benzene rings is 2. The van der Waals surface area contributed by atoms with Crippen molar-refractivity contribution in [2.24, 2.45) is 0 Å². The fraction of sp³-hybridized carbons (Fsp3) is 0.200. The van der Waals surface area contributed by atoms with Gasteiger partial charge >= 0.3 is 0 Å². The average molecular weight is 367 g/mol. The molecule has 4 rings (SSSR count). The van der Waals surface area contributed by atoms with Crippen LogP contribution in [0.4, 0.5) is 4.39 Å². The molecule has 1 aromatic heterocycles. The van der Waals surface area contributed by atoms with Crippen LogP contribution in [-0.4, -0.2) is 47.3 Å². The van der Waals surface area contributed by atoms with Crippen molar-refractivity contribution in [1.29, 1.82) is 0 Å². The van der Waals surface area contributed by atoms with Crippen LogP contribution in [0, 0.1) is 5.82 Å². The number of aromatic amines is 1. The minimum Gasteiger partial charge on any atom is -0.486 e. The second-order valence-electron chi connectivity index (χ2n) is 6.35. The van der Waals surface area contributed by atoms with Crippen molar-refractivity contribution in [2.75, 3.05) is 20.2 Å². The molecular formula is C20H18FN3O3. The molecule has 2 heterocycles. The van der Waals surface area contributed by atoms with Crippen LogP contribution in [-0.2, 0) is 0 Å².